The van der Waals surface area contributed by atoms with Crippen LogP contribution < -0.4 is 4.90 Å². The molecule has 0 aliphatic heterocycles. The third-order valence-electron chi connectivity index (χ3n) is 4.59. The van der Waals surface area contributed by atoms with Crippen LogP contribution in [0.15, 0.2) is 60.8 Å². The summed E-state index contributed by atoms with van der Waals surface area (Å²) in [6.07, 6.45) is 1.62. The van der Waals surface area contributed by atoms with Crippen LogP contribution in [0.1, 0.15) is 21.6 Å². The van der Waals surface area contributed by atoms with Crippen LogP contribution in [0, 0.1) is 22.9 Å². The highest BCUT2D eigenvalue weighted by molar-refractivity contribution is 7.22. The fraction of sp³-hybridized carbons (Fsp3) is 0.0952. The molecule has 0 saturated heterocycles. The number of pyridine rings is 1. The van der Waals surface area contributed by atoms with E-state index in [-0.39, 0.29) is 23.4 Å². The van der Waals surface area contributed by atoms with E-state index in [0.717, 1.165) is 0 Å². The highest BCUT2D eigenvalue weighted by Crippen LogP contribution is 2.32. The number of anilines is 1. The fourth-order valence-corrected chi connectivity index (χ4v) is 4.07. The van der Waals surface area contributed by atoms with E-state index in [2.05, 4.69) is 9.97 Å². The quantitative estimate of drug-likeness (QED) is 0.337. The number of nitro benzene ring substituents is 1. The molecule has 150 valence electrons. The molecule has 0 unspecified atom stereocenters. The smallest absolute Gasteiger partial charge is 0.273 e. The van der Waals surface area contributed by atoms with Gasteiger partial charge in [-0.25, -0.2) is 9.37 Å². The molecule has 2 heterocycles. The zero-order valence-corrected chi connectivity index (χ0v) is 16.6. The molecule has 0 saturated carbocycles. The second kappa shape index (κ2) is 7.96. The molecule has 4 aromatic rings. The molecule has 7 nitrogen and oxygen atoms in total. The summed E-state index contributed by atoms with van der Waals surface area (Å²) in [6.45, 7) is 1.65. The number of thiazole rings is 1. The number of fused-ring (bicyclic) bond motifs is 1. The van der Waals surface area contributed by atoms with Crippen molar-refractivity contribution in [3.05, 3.63) is 93.5 Å². The SMILES string of the molecule is Cc1c(C(=O)N(Cc2ccccn2)c2nc3ccc(F)cc3s2)cccc1[N+](=O)[O-]. The number of hydrogen-bond donors (Lipinski definition) is 0. The van der Waals surface area contributed by atoms with Crippen LogP contribution in [0.5, 0.6) is 0 Å². The Bertz CT molecular complexity index is 1260. The second-order valence-corrected chi connectivity index (χ2v) is 7.54. The van der Waals surface area contributed by atoms with Crippen LogP contribution in [0.3, 0.4) is 0 Å². The van der Waals surface area contributed by atoms with E-state index in [4.69, 9.17) is 0 Å². The number of rotatable bonds is 5. The van der Waals surface area contributed by atoms with Gasteiger partial charge < -0.3 is 0 Å². The standard InChI is InChI=1S/C21H15FN4O3S/c1-13-16(6-4-7-18(13)26(28)29)20(27)25(12-15-5-2-3-10-23-15)21-24-17-9-8-14(22)11-19(17)30-21/h2-11H,12H2,1H3. The van der Waals surface area contributed by atoms with Crippen molar-refractivity contribution in [2.24, 2.45) is 0 Å². The molecular weight excluding hydrogens is 407 g/mol. The number of benzene rings is 2. The maximum absolute atomic E-state index is 13.6. The first-order valence-corrected chi connectivity index (χ1v) is 9.77. The van der Waals surface area contributed by atoms with Gasteiger partial charge in [0.15, 0.2) is 5.13 Å². The van der Waals surface area contributed by atoms with Gasteiger partial charge in [-0.1, -0.05) is 23.5 Å². The monoisotopic (exact) mass is 422 g/mol. The fourth-order valence-electron chi connectivity index (χ4n) is 3.08. The Morgan fingerprint density at radius 2 is 2.03 bits per heavy atom. The van der Waals surface area contributed by atoms with Crippen molar-refractivity contribution in [3.63, 3.8) is 0 Å². The molecule has 0 N–H and O–H groups in total. The number of halogens is 1. The lowest BCUT2D eigenvalue weighted by Gasteiger charge is -2.20. The Hall–Kier alpha value is -3.72. The van der Waals surface area contributed by atoms with E-state index < -0.39 is 16.6 Å². The highest BCUT2D eigenvalue weighted by Gasteiger charge is 2.26. The third-order valence-corrected chi connectivity index (χ3v) is 5.63. The van der Waals surface area contributed by atoms with E-state index in [9.17, 15) is 19.3 Å². The molecular formula is C21H15FN4O3S. The predicted octanol–water partition coefficient (Wildman–Crippen LogP) is 4.89. The van der Waals surface area contributed by atoms with E-state index in [1.807, 2.05) is 0 Å². The van der Waals surface area contributed by atoms with Crippen LogP contribution in [0.4, 0.5) is 15.2 Å². The van der Waals surface area contributed by atoms with Crippen LogP contribution in [-0.2, 0) is 6.54 Å². The normalized spacial score (nSPS) is 10.9. The largest absolute Gasteiger partial charge is 0.278 e. The Balaban J connectivity index is 1.81. The highest BCUT2D eigenvalue weighted by atomic mass is 32.1. The number of aromatic nitrogens is 2. The zero-order valence-electron chi connectivity index (χ0n) is 15.8. The van der Waals surface area contributed by atoms with Gasteiger partial charge in [0.2, 0.25) is 0 Å². The molecule has 0 bridgehead atoms. The minimum Gasteiger partial charge on any atom is -0.278 e. The first-order chi connectivity index (χ1) is 14.4. The average Bonchev–Trinajstić information content (AvgIpc) is 3.15. The van der Waals surface area contributed by atoms with Gasteiger partial charge in [-0.3, -0.25) is 24.8 Å². The summed E-state index contributed by atoms with van der Waals surface area (Å²) >= 11 is 1.17. The molecule has 2 aromatic carbocycles. The molecule has 0 aliphatic rings. The van der Waals surface area contributed by atoms with E-state index in [1.54, 1.807) is 36.5 Å². The maximum atomic E-state index is 13.6. The second-order valence-electron chi connectivity index (χ2n) is 6.53. The molecule has 2 aromatic heterocycles. The van der Waals surface area contributed by atoms with Crippen molar-refractivity contribution >= 4 is 38.3 Å². The molecule has 4 rings (SSSR count). The summed E-state index contributed by atoms with van der Waals surface area (Å²) in [5.41, 5.74) is 1.52. The first kappa shape index (κ1) is 19.6. The number of nitrogens with zero attached hydrogens (tertiary/aromatic N) is 4. The summed E-state index contributed by atoms with van der Waals surface area (Å²) in [6, 6.07) is 13.9. The summed E-state index contributed by atoms with van der Waals surface area (Å²) < 4.78 is 14.2. The van der Waals surface area contributed by atoms with Crippen molar-refractivity contribution in [1.82, 2.24) is 9.97 Å². The Morgan fingerprint density at radius 3 is 2.77 bits per heavy atom. The Kier molecular flexibility index (Phi) is 5.20. The number of carbonyl (C=O) groups is 1. The van der Waals surface area contributed by atoms with Gasteiger partial charge >= 0.3 is 0 Å². The number of hydrogen-bond acceptors (Lipinski definition) is 6. The van der Waals surface area contributed by atoms with Crippen molar-refractivity contribution in [2.75, 3.05) is 4.90 Å². The van der Waals surface area contributed by atoms with Crippen molar-refractivity contribution in [1.29, 1.82) is 0 Å². The number of nitro groups is 1. The molecule has 9 heteroatoms. The van der Waals surface area contributed by atoms with Gasteiger partial charge in [0.05, 0.1) is 27.4 Å². The molecule has 0 atom stereocenters. The van der Waals surface area contributed by atoms with Crippen molar-refractivity contribution in [2.45, 2.75) is 13.5 Å². The van der Waals surface area contributed by atoms with Gasteiger partial charge in [0.25, 0.3) is 11.6 Å². The van der Waals surface area contributed by atoms with Gasteiger partial charge in [-0.15, -0.1) is 0 Å². The summed E-state index contributed by atoms with van der Waals surface area (Å²) in [5, 5.41) is 11.7. The zero-order chi connectivity index (χ0) is 21.3. The lowest BCUT2D eigenvalue weighted by atomic mass is 10.1. The lowest BCUT2D eigenvalue weighted by Crippen LogP contribution is -2.31. The molecule has 30 heavy (non-hydrogen) atoms. The minimum absolute atomic E-state index is 0.115. The Labute approximate surface area is 174 Å². The average molecular weight is 422 g/mol. The van der Waals surface area contributed by atoms with Crippen molar-refractivity contribution < 1.29 is 14.1 Å². The molecule has 1 amide bonds. The van der Waals surface area contributed by atoms with Gasteiger partial charge in [0, 0.05) is 23.4 Å². The van der Waals surface area contributed by atoms with Crippen LogP contribution in [-0.4, -0.2) is 20.8 Å². The lowest BCUT2D eigenvalue weighted by molar-refractivity contribution is -0.385. The topological polar surface area (TPSA) is 89.2 Å². The molecule has 0 aliphatic carbocycles. The first-order valence-electron chi connectivity index (χ1n) is 8.96. The third kappa shape index (κ3) is 3.74. The van der Waals surface area contributed by atoms with Crippen LogP contribution >= 0.6 is 11.3 Å². The van der Waals surface area contributed by atoms with E-state index >= 15 is 0 Å². The Morgan fingerprint density at radius 1 is 1.20 bits per heavy atom. The van der Waals surface area contributed by atoms with E-state index in [0.29, 0.717) is 21.0 Å². The minimum atomic E-state index is -0.518. The van der Waals surface area contributed by atoms with Gasteiger partial charge in [-0.2, -0.15) is 0 Å². The van der Waals surface area contributed by atoms with Crippen molar-refractivity contribution in [3.8, 4) is 0 Å². The van der Waals surface area contributed by atoms with Crippen LogP contribution in [0.25, 0.3) is 10.2 Å². The van der Waals surface area contributed by atoms with Gasteiger partial charge in [-0.05, 0) is 43.3 Å². The maximum Gasteiger partial charge on any atom is 0.273 e. The van der Waals surface area contributed by atoms with Crippen LogP contribution in [0.2, 0.25) is 0 Å². The van der Waals surface area contributed by atoms with Gasteiger partial charge in [0.1, 0.15) is 5.82 Å². The summed E-state index contributed by atoms with van der Waals surface area (Å²) in [4.78, 5) is 34.4. The summed E-state index contributed by atoms with van der Waals surface area (Å²) in [7, 11) is 0. The van der Waals surface area contributed by atoms with E-state index in [1.165, 1.54) is 47.4 Å². The molecule has 0 fully saturated rings. The predicted molar refractivity (Wildman–Crippen MR) is 112 cm³/mol. The number of carbonyl (C=O) groups excluding carboxylic acids is 1. The number of amides is 1. The summed E-state index contributed by atoms with van der Waals surface area (Å²) in [5.74, 6) is -0.837. The molecule has 0 radical (unpaired) electrons. The molecule has 0 spiro atoms.